The molecule has 0 aromatic rings. The van der Waals surface area contributed by atoms with E-state index in [1.807, 2.05) is 0 Å². The second-order valence-corrected chi connectivity index (χ2v) is 9.76. The summed E-state index contributed by atoms with van der Waals surface area (Å²) in [4.78, 5) is 25.9. The van der Waals surface area contributed by atoms with Crippen LogP contribution in [-0.2, 0) is 14.3 Å². The highest BCUT2D eigenvalue weighted by atomic mass is 16.5. The summed E-state index contributed by atoms with van der Waals surface area (Å²) in [5, 5.41) is 0. The van der Waals surface area contributed by atoms with Gasteiger partial charge in [0.1, 0.15) is 5.78 Å². The fraction of sp³-hybridized carbons (Fsp3) is 0.905. The molecule has 0 radical (unpaired) electrons. The fourth-order valence-electron chi connectivity index (χ4n) is 7.95. The Balaban J connectivity index is 1.76. The Labute approximate surface area is 145 Å². The van der Waals surface area contributed by atoms with E-state index in [0.717, 1.165) is 32.1 Å². The zero-order valence-corrected chi connectivity index (χ0v) is 15.7. The van der Waals surface area contributed by atoms with Gasteiger partial charge in [0.15, 0.2) is 0 Å². The highest BCUT2D eigenvalue weighted by Gasteiger charge is 2.68. The SMILES string of the molecule is COC(=O)[C@]1(C)CCC[C@@]2(C)C3CC[C@H]4CC3(CC[C@H]12)C(=O)[C@@H]4C. The second-order valence-electron chi connectivity index (χ2n) is 9.76. The van der Waals surface area contributed by atoms with E-state index < -0.39 is 0 Å². The maximum Gasteiger partial charge on any atom is 0.311 e. The molecule has 3 nitrogen and oxygen atoms in total. The molecule has 4 aliphatic carbocycles. The number of ether oxygens (including phenoxy) is 1. The van der Waals surface area contributed by atoms with Crippen LogP contribution in [0.25, 0.3) is 0 Å². The zero-order chi connectivity index (χ0) is 17.3. The third kappa shape index (κ3) is 1.79. The molecule has 0 aliphatic heterocycles. The quantitative estimate of drug-likeness (QED) is 0.669. The first-order valence-electron chi connectivity index (χ1n) is 9.92. The molecule has 4 saturated carbocycles. The van der Waals surface area contributed by atoms with Crippen molar-refractivity contribution < 1.29 is 14.3 Å². The molecule has 0 aromatic heterocycles. The van der Waals surface area contributed by atoms with Gasteiger partial charge in [0.2, 0.25) is 0 Å². The molecule has 0 N–H and O–H groups in total. The van der Waals surface area contributed by atoms with Gasteiger partial charge in [-0.05, 0) is 75.0 Å². The number of methoxy groups -OCH3 is 1. The minimum atomic E-state index is -0.368. The summed E-state index contributed by atoms with van der Waals surface area (Å²) in [6.07, 6.45) is 8.72. The minimum Gasteiger partial charge on any atom is -0.469 e. The van der Waals surface area contributed by atoms with E-state index >= 15 is 0 Å². The largest absolute Gasteiger partial charge is 0.469 e. The number of carbonyl (C=O) groups excluding carboxylic acids is 2. The zero-order valence-electron chi connectivity index (χ0n) is 15.7. The summed E-state index contributed by atoms with van der Waals surface area (Å²) >= 11 is 0. The fourth-order valence-corrected chi connectivity index (χ4v) is 7.95. The summed E-state index contributed by atoms with van der Waals surface area (Å²) in [5.74, 6) is 2.23. The predicted molar refractivity (Wildman–Crippen MR) is 92.2 cm³/mol. The van der Waals surface area contributed by atoms with Crippen molar-refractivity contribution in [3.8, 4) is 0 Å². The predicted octanol–water partition coefficient (Wildman–Crippen LogP) is 4.39. The molecule has 2 bridgehead atoms. The molecule has 0 amide bonds. The summed E-state index contributed by atoms with van der Waals surface area (Å²) in [6, 6.07) is 0. The standard InChI is InChI=1S/C21H32O3/c1-13-14-6-7-16-19(2)9-5-10-20(3,18(23)24-4)15(19)8-11-21(16,12-14)17(13)22/h13-16H,5-12H2,1-4H3/t13-,14+,15+,16?,19-,20-,21?/m1/s1. The minimum absolute atomic E-state index is 0.0332. The van der Waals surface area contributed by atoms with Gasteiger partial charge in [-0.15, -0.1) is 0 Å². The number of hydrogen-bond donors (Lipinski definition) is 0. The molecule has 2 unspecified atom stereocenters. The van der Waals surface area contributed by atoms with Crippen LogP contribution in [0, 0.1) is 39.9 Å². The van der Waals surface area contributed by atoms with Gasteiger partial charge in [0.25, 0.3) is 0 Å². The van der Waals surface area contributed by atoms with Crippen molar-refractivity contribution in [2.45, 2.75) is 72.1 Å². The number of Topliss-reactive ketones (excluding diaryl/α,β-unsaturated/α-hetero) is 1. The highest BCUT2D eigenvalue weighted by molar-refractivity contribution is 5.90. The highest BCUT2D eigenvalue weighted by Crippen LogP contribution is 2.71. The number of ketones is 1. The smallest absolute Gasteiger partial charge is 0.311 e. The van der Waals surface area contributed by atoms with Gasteiger partial charge in [-0.3, -0.25) is 9.59 Å². The number of carbonyl (C=O) groups is 2. The number of fused-ring (bicyclic) bond motifs is 3. The van der Waals surface area contributed by atoms with Crippen LogP contribution >= 0.6 is 0 Å². The number of hydrogen-bond acceptors (Lipinski definition) is 3. The lowest BCUT2D eigenvalue weighted by molar-refractivity contribution is -0.185. The third-order valence-corrected chi connectivity index (χ3v) is 9.03. The lowest BCUT2D eigenvalue weighted by Crippen LogP contribution is -2.59. The lowest BCUT2D eigenvalue weighted by Gasteiger charge is -2.62. The molecular formula is C21H32O3. The Morgan fingerprint density at radius 3 is 2.54 bits per heavy atom. The van der Waals surface area contributed by atoms with E-state index in [-0.39, 0.29) is 28.1 Å². The monoisotopic (exact) mass is 332 g/mol. The first kappa shape index (κ1) is 16.6. The Kier molecular flexibility index (Phi) is 3.51. The van der Waals surface area contributed by atoms with Crippen molar-refractivity contribution in [2.75, 3.05) is 7.11 Å². The van der Waals surface area contributed by atoms with Gasteiger partial charge >= 0.3 is 5.97 Å². The molecule has 24 heavy (non-hydrogen) atoms. The van der Waals surface area contributed by atoms with Crippen LogP contribution < -0.4 is 0 Å². The molecule has 1 spiro atoms. The van der Waals surface area contributed by atoms with Gasteiger partial charge in [-0.25, -0.2) is 0 Å². The maximum absolute atomic E-state index is 13.2. The van der Waals surface area contributed by atoms with Crippen molar-refractivity contribution in [3.63, 3.8) is 0 Å². The van der Waals surface area contributed by atoms with E-state index in [1.54, 1.807) is 0 Å². The van der Waals surface area contributed by atoms with Gasteiger partial charge in [0, 0.05) is 11.3 Å². The molecular weight excluding hydrogens is 300 g/mol. The summed E-state index contributed by atoms with van der Waals surface area (Å²) in [7, 11) is 1.53. The van der Waals surface area contributed by atoms with E-state index in [2.05, 4.69) is 20.8 Å². The lowest BCUT2D eigenvalue weighted by atomic mass is 9.41. The van der Waals surface area contributed by atoms with Crippen LogP contribution in [0.5, 0.6) is 0 Å². The molecule has 7 atom stereocenters. The molecule has 3 heteroatoms. The van der Waals surface area contributed by atoms with Crippen LogP contribution in [0.15, 0.2) is 0 Å². The van der Waals surface area contributed by atoms with E-state index in [9.17, 15) is 9.59 Å². The van der Waals surface area contributed by atoms with Crippen LogP contribution in [0.3, 0.4) is 0 Å². The van der Waals surface area contributed by atoms with Crippen molar-refractivity contribution in [3.05, 3.63) is 0 Å². The molecule has 0 heterocycles. The summed E-state index contributed by atoms with van der Waals surface area (Å²) < 4.78 is 5.21. The maximum atomic E-state index is 13.2. The molecule has 4 aliphatic rings. The molecule has 4 rings (SSSR count). The van der Waals surface area contributed by atoms with Gasteiger partial charge in [0.05, 0.1) is 12.5 Å². The molecule has 4 fully saturated rings. The summed E-state index contributed by atoms with van der Waals surface area (Å²) in [6.45, 7) is 6.70. The Bertz CT molecular complexity index is 584. The number of esters is 1. The van der Waals surface area contributed by atoms with Crippen molar-refractivity contribution in [2.24, 2.45) is 39.9 Å². The summed E-state index contributed by atoms with van der Waals surface area (Å²) in [5.41, 5.74) is -0.320. The topological polar surface area (TPSA) is 43.4 Å². The van der Waals surface area contributed by atoms with Crippen LogP contribution in [-0.4, -0.2) is 18.9 Å². The van der Waals surface area contributed by atoms with Gasteiger partial charge in [-0.1, -0.05) is 20.3 Å². The van der Waals surface area contributed by atoms with Gasteiger partial charge in [-0.2, -0.15) is 0 Å². The van der Waals surface area contributed by atoms with Crippen LogP contribution in [0.1, 0.15) is 72.1 Å². The normalized spacial score (nSPS) is 53.2. The van der Waals surface area contributed by atoms with Gasteiger partial charge < -0.3 is 4.74 Å². The Hall–Kier alpha value is -0.860. The van der Waals surface area contributed by atoms with E-state index in [1.165, 1.54) is 26.4 Å². The third-order valence-electron chi connectivity index (χ3n) is 9.03. The molecule has 134 valence electrons. The van der Waals surface area contributed by atoms with Crippen molar-refractivity contribution >= 4 is 11.8 Å². The van der Waals surface area contributed by atoms with Crippen molar-refractivity contribution in [1.29, 1.82) is 0 Å². The average molecular weight is 332 g/mol. The van der Waals surface area contributed by atoms with Crippen LogP contribution in [0.2, 0.25) is 0 Å². The van der Waals surface area contributed by atoms with E-state index in [0.29, 0.717) is 23.5 Å². The molecule has 0 aromatic carbocycles. The van der Waals surface area contributed by atoms with E-state index in [4.69, 9.17) is 4.74 Å². The Morgan fingerprint density at radius 1 is 1.08 bits per heavy atom. The Morgan fingerprint density at radius 2 is 1.83 bits per heavy atom. The van der Waals surface area contributed by atoms with Crippen LogP contribution in [0.4, 0.5) is 0 Å². The average Bonchev–Trinajstić information content (AvgIpc) is 2.74. The first-order valence-corrected chi connectivity index (χ1v) is 9.92. The van der Waals surface area contributed by atoms with Crippen molar-refractivity contribution in [1.82, 2.24) is 0 Å². The number of rotatable bonds is 1. The second kappa shape index (κ2) is 5.08. The first-order chi connectivity index (χ1) is 11.3. The molecule has 0 saturated heterocycles.